The van der Waals surface area contributed by atoms with Gasteiger partial charge < -0.3 is 10.1 Å². The molecule has 0 aromatic heterocycles. The number of methoxy groups -OCH3 is 1. The van der Waals surface area contributed by atoms with Crippen molar-refractivity contribution in [3.05, 3.63) is 119 Å². The Labute approximate surface area is 203 Å². The van der Waals surface area contributed by atoms with Crippen molar-refractivity contribution in [2.45, 2.75) is 6.92 Å². The maximum Gasteiger partial charge on any atom is 0.287 e. The lowest BCUT2D eigenvalue weighted by Gasteiger charge is -2.10. The van der Waals surface area contributed by atoms with Gasteiger partial charge in [0, 0.05) is 5.56 Å². The minimum Gasteiger partial charge on any atom is -0.497 e. The second-order valence-electron chi connectivity index (χ2n) is 7.85. The van der Waals surface area contributed by atoms with Gasteiger partial charge in [-0.2, -0.15) is 5.10 Å². The van der Waals surface area contributed by atoms with Crippen molar-refractivity contribution in [2.75, 3.05) is 7.11 Å². The average Bonchev–Trinajstić information content (AvgIpc) is 2.91. The largest absolute Gasteiger partial charge is 0.497 e. The molecular formula is C29H25N3O3. The first-order chi connectivity index (χ1) is 17.0. The van der Waals surface area contributed by atoms with E-state index in [1.54, 1.807) is 61.7 Å². The van der Waals surface area contributed by atoms with E-state index >= 15 is 0 Å². The molecule has 174 valence electrons. The number of fused-ring (bicyclic) bond motifs is 1. The van der Waals surface area contributed by atoms with Crippen LogP contribution in [-0.2, 0) is 4.79 Å². The molecule has 0 radical (unpaired) electrons. The third-order valence-electron chi connectivity index (χ3n) is 5.45. The summed E-state index contributed by atoms with van der Waals surface area (Å²) in [4.78, 5) is 25.8. The Balaban J connectivity index is 1.57. The first kappa shape index (κ1) is 23.4. The average molecular weight is 464 g/mol. The van der Waals surface area contributed by atoms with Crippen molar-refractivity contribution in [3.8, 4) is 5.75 Å². The lowest BCUT2D eigenvalue weighted by Crippen LogP contribution is -2.33. The minimum atomic E-state index is -0.537. The monoisotopic (exact) mass is 463 g/mol. The molecule has 0 atom stereocenters. The number of rotatable bonds is 7. The number of hydrogen-bond acceptors (Lipinski definition) is 4. The van der Waals surface area contributed by atoms with Crippen LogP contribution in [0.3, 0.4) is 0 Å². The van der Waals surface area contributed by atoms with Gasteiger partial charge in [0.1, 0.15) is 11.4 Å². The van der Waals surface area contributed by atoms with Crippen LogP contribution in [0.1, 0.15) is 28.4 Å². The number of nitrogens with one attached hydrogen (secondary N) is 2. The van der Waals surface area contributed by atoms with Gasteiger partial charge in [-0.25, -0.2) is 5.43 Å². The van der Waals surface area contributed by atoms with Gasteiger partial charge in [0.2, 0.25) is 0 Å². The number of hydrogen-bond donors (Lipinski definition) is 2. The SMILES string of the molecule is COc1ccc(/C=C(/NC(=O)c2ccccc2)C(=O)N/N=C(\C)c2ccc3ccccc3c2)cc1. The zero-order valence-electron chi connectivity index (χ0n) is 19.5. The first-order valence-electron chi connectivity index (χ1n) is 11.1. The Morgan fingerprint density at radius 1 is 0.800 bits per heavy atom. The highest BCUT2D eigenvalue weighted by molar-refractivity contribution is 6.06. The number of benzene rings is 4. The van der Waals surface area contributed by atoms with Crippen LogP contribution in [0.25, 0.3) is 16.8 Å². The third kappa shape index (κ3) is 6.00. The molecule has 0 saturated carbocycles. The molecule has 0 bridgehead atoms. The number of hydrazone groups is 1. The van der Waals surface area contributed by atoms with E-state index in [-0.39, 0.29) is 5.70 Å². The van der Waals surface area contributed by atoms with Crippen LogP contribution >= 0.6 is 0 Å². The summed E-state index contributed by atoms with van der Waals surface area (Å²) in [7, 11) is 1.58. The molecule has 6 heteroatoms. The number of carbonyl (C=O) groups is 2. The Morgan fingerprint density at radius 2 is 1.49 bits per heavy atom. The van der Waals surface area contributed by atoms with Gasteiger partial charge in [-0.15, -0.1) is 0 Å². The molecule has 0 unspecified atom stereocenters. The maximum atomic E-state index is 13.1. The quantitative estimate of drug-likeness (QED) is 0.226. The fourth-order valence-electron chi connectivity index (χ4n) is 3.48. The molecule has 0 spiro atoms. The van der Waals surface area contributed by atoms with Crippen LogP contribution in [0.2, 0.25) is 0 Å². The molecule has 6 nitrogen and oxygen atoms in total. The van der Waals surface area contributed by atoms with Gasteiger partial charge in [0.15, 0.2) is 0 Å². The summed E-state index contributed by atoms with van der Waals surface area (Å²) in [6, 6.07) is 29.9. The minimum absolute atomic E-state index is 0.0686. The summed E-state index contributed by atoms with van der Waals surface area (Å²) in [5, 5.41) is 9.19. The normalized spacial score (nSPS) is 11.7. The van der Waals surface area contributed by atoms with Gasteiger partial charge in [-0.05, 0) is 65.2 Å². The molecule has 4 aromatic rings. The van der Waals surface area contributed by atoms with Crippen LogP contribution in [0.4, 0.5) is 0 Å². The second kappa shape index (κ2) is 10.9. The fraction of sp³-hybridized carbons (Fsp3) is 0.0690. The van der Waals surface area contributed by atoms with Crippen molar-refractivity contribution < 1.29 is 14.3 Å². The smallest absolute Gasteiger partial charge is 0.287 e. The third-order valence-corrected chi connectivity index (χ3v) is 5.45. The zero-order chi connectivity index (χ0) is 24.6. The van der Waals surface area contributed by atoms with Crippen LogP contribution < -0.4 is 15.5 Å². The Hall–Kier alpha value is -4.71. The van der Waals surface area contributed by atoms with E-state index in [9.17, 15) is 9.59 Å². The van der Waals surface area contributed by atoms with E-state index in [2.05, 4.69) is 15.8 Å². The van der Waals surface area contributed by atoms with Crippen LogP contribution in [0.15, 0.2) is 108 Å². The van der Waals surface area contributed by atoms with Crippen molar-refractivity contribution >= 4 is 34.4 Å². The molecule has 2 N–H and O–H groups in total. The number of ether oxygens (including phenoxy) is 1. The number of carbonyl (C=O) groups excluding carboxylic acids is 2. The molecule has 0 saturated heterocycles. The molecular weight excluding hydrogens is 438 g/mol. The Kier molecular flexibility index (Phi) is 7.33. The lowest BCUT2D eigenvalue weighted by molar-refractivity contribution is -0.117. The standard InChI is InChI=1S/C29H25N3O3/c1-20(24-15-14-22-8-6-7-11-25(22)19-24)31-32-29(34)27(18-21-12-16-26(35-2)17-13-21)30-28(33)23-9-4-3-5-10-23/h3-19H,1-2H3,(H,30,33)(H,32,34)/b27-18+,31-20+. The topological polar surface area (TPSA) is 79.8 Å². The Morgan fingerprint density at radius 3 is 2.20 bits per heavy atom. The van der Waals surface area contributed by atoms with Crippen LogP contribution in [0.5, 0.6) is 5.75 Å². The summed E-state index contributed by atoms with van der Waals surface area (Å²) in [6.45, 7) is 1.82. The molecule has 4 rings (SSSR count). The van der Waals surface area contributed by atoms with Gasteiger partial charge in [-0.1, -0.05) is 66.7 Å². The van der Waals surface area contributed by atoms with Crippen LogP contribution in [0, 0.1) is 0 Å². The van der Waals surface area contributed by atoms with Crippen molar-refractivity contribution in [1.29, 1.82) is 0 Å². The molecule has 0 aliphatic heterocycles. The summed E-state index contributed by atoms with van der Waals surface area (Å²) < 4.78 is 5.19. The van der Waals surface area contributed by atoms with Gasteiger partial charge in [0.05, 0.1) is 12.8 Å². The Bertz CT molecular complexity index is 1410. The van der Waals surface area contributed by atoms with E-state index in [0.717, 1.165) is 21.9 Å². The lowest BCUT2D eigenvalue weighted by atomic mass is 10.0. The number of nitrogens with zero attached hydrogens (tertiary/aromatic N) is 1. The maximum absolute atomic E-state index is 13.1. The van der Waals surface area contributed by atoms with Gasteiger partial charge in [0.25, 0.3) is 11.8 Å². The summed E-state index contributed by atoms with van der Waals surface area (Å²) in [6.07, 6.45) is 1.59. The highest BCUT2D eigenvalue weighted by atomic mass is 16.5. The predicted octanol–water partition coefficient (Wildman–Crippen LogP) is 5.16. The first-order valence-corrected chi connectivity index (χ1v) is 11.1. The molecule has 0 heterocycles. The van der Waals surface area contributed by atoms with E-state index in [0.29, 0.717) is 17.0 Å². The van der Waals surface area contributed by atoms with Gasteiger partial charge >= 0.3 is 0 Å². The van der Waals surface area contributed by atoms with E-state index in [4.69, 9.17) is 4.74 Å². The van der Waals surface area contributed by atoms with Crippen molar-refractivity contribution in [1.82, 2.24) is 10.7 Å². The molecule has 4 aromatic carbocycles. The molecule has 35 heavy (non-hydrogen) atoms. The summed E-state index contributed by atoms with van der Waals surface area (Å²) in [5.74, 6) is -0.238. The molecule has 0 aliphatic carbocycles. The highest BCUT2D eigenvalue weighted by Gasteiger charge is 2.15. The molecule has 0 fully saturated rings. The molecule has 2 amide bonds. The van der Waals surface area contributed by atoms with Gasteiger partial charge in [-0.3, -0.25) is 9.59 Å². The second-order valence-corrected chi connectivity index (χ2v) is 7.85. The van der Waals surface area contributed by atoms with E-state index in [1.807, 2.05) is 55.5 Å². The van der Waals surface area contributed by atoms with E-state index < -0.39 is 11.8 Å². The summed E-state index contributed by atoms with van der Waals surface area (Å²) in [5.41, 5.74) is 5.33. The van der Waals surface area contributed by atoms with Crippen LogP contribution in [-0.4, -0.2) is 24.6 Å². The van der Waals surface area contributed by atoms with E-state index in [1.165, 1.54) is 0 Å². The predicted molar refractivity (Wildman–Crippen MR) is 139 cm³/mol. The molecule has 0 aliphatic rings. The zero-order valence-corrected chi connectivity index (χ0v) is 19.5. The number of amides is 2. The van der Waals surface area contributed by atoms with Crippen molar-refractivity contribution in [3.63, 3.8) is 0 Å². The summed E-state index contributed by atoms with van der Waals surface area (Å²) >= 11 is 0. The highest BCUT2D eigenvalue weighted by Crippen LogP contribution is 2.17. The fourth-order valence-corrected chi connectivity index (χ4v) is 3.48. The van der Waals surface area contributed by atoms with Crippen molar-refractivity contribution in [2.24, 2.45) is 5.10 Å².